The predicted molar refractivity (Wildman–Crippen MR) is 146 cm³/mol. The average Bonchev–Trinajstić information content (AvgIpc) is 2.96. The van der Waals surface area contributed by atoms with Crippen LogP contribution in [0.1, 0.15) is 26.2 Å². The maximum atomic E-state index is 11.5. The number of aliphatic carboxylic acids is 1. The van der Waals surface area contributed by atoms with Gasteiger partial charge in [-0.1, -0.05) is 0 Å². The molecular formula is C28H50O15. The first-order valence-corrected chi connectivity index (χ1v) is 14.9. The van der Waals surface area contributed by atoms with Crippen molar-refractivity contribution in [3.05, 3.63) is 0 Å². The lowest BCUT2D eigenvalue weighted by atomic mass is 9.83. The van der Waals surface area contributed by atoms with Gasteiger partial charge in [0.25, 0.3) is 0 Å². The van der Waals surface area contributed by atoms with E-state index < -0.39 is 85.5 Å². The maximum Gasteiger partial charge on any atom is 0.335 e. The molecule has 0 radical (unpaired) electrons. The molecule has 0 aliphatic carbocycles. The number of aliphatic hydroxyl groups excluding tert-OH is 6. The zero-order valence-corrected chi connectivity index (χ0v) is 25.1. The molecule has 252 valence electrons. The first kappa shape index (κ1) is 36.4. The van der Waals surface area contributed by atoms with E-state index in [0.717, 1.165) is 0 Å². The third kappa shape index (κ3) is 9.48. The SMILES string of the molecule is COCC1CC(C)O[C@H](COCCC2C(O)[C@@H](COCCC3C(O)[C@@H](COC)OC(C(=O)O)[C@@H]3O)OC(CO)[C@@H]2O)C1O. The number of rotatable bonds is 16. The Morgan fingerprint density at radius 2 is 1.21 bits per heavy atom. The van der Waals surface area contributed by atoms with Crippen LogP contribution in [0, 0.1) is 17.8 Å². The van der Waals surface area contributed by atoms with Gasteiger partial charge in [0, 0.05) is 45.2 Å². The van der Waals surface area contributed by atoms with Crippen molar-refractivity contribution in [3.8, 4) is 0 Å². The Kier molecular flexibility index (Phi) is 14.9. The first-order valence-electron chi connectivity index (χ1n) is 14.9. The highest BCUT2D eigenvalue weighted by molar-refractivity contribution is 5.73. The highest BCUT2D eigenvalue weighted by Crippen LogP contribution is 2.32. The Balaban J connectivity index is 1.49. The molecule has 0 aromatic heterocycles. The minimum Gasteiger partial charge on any atom is -0.479 e. The molecular weight excluding hydrogens is 576 g/mol. The van der Waals surface area contributed by atoms with Crippen LogP contribution in [0.4, 0.5) is 0 Å². The first-order chi connectivity index (χ1) is 20.5. The van der Waals surface area contributed by atoms with Gasteiger partial charge in [0.15, 0.2) is 6.10 Å². The average molecular weight is 627 g/mol. The van der Waals surface area contributed by atoms with Gasteiger partial charge in [-0.2, -0.15) is 0 Å². The maximum absolute atomic E-state index is 11.5. The standard InChI is InChI=1S/C28H50O15/c1-14-8-15(10-37-2)22(30)20(41-14)12-39-6-4-16-23(31)18(9-29)42-21(24(16)32)13-40-7-5-17-25(33)19(11-38-3)43-27(26(17)34)28(35)36/h14-27,29-34H,4-13H2,1-3H3,(H,35,36)/t14?,15?,16?,17?,18?,19-,20-,21-,22?,23-,24?,25?,26-,27?/m1/s1. The van der Waals surface area contributed by atoms with Crippen LogP contribution in [-0.4, -0.2) is 169 Å². The van der Waals surface area contributed by atoms with Crippen LogP contribution in [0.2, 0.25) is 0 Å². The Bertz CT molecular complexity index is 819. The van der Waals surface area contributed by atoms with Gasteiger partial charge in [-0.3, -0.25) is 0 Å². The van der Waals surface area contributed by atoms with Crippen LogP contribution in [0.25, 0.3) is 0 Å². The fourth-order valence-electron chi connectivity index (χ4n) is 6.33. The molecule has 0 aromatic carbocycles. The Labute approximate surface area is 251 Å². The van der Waals surface area contributed by atoms with Crippen LogP contribution < -0.4 is 0 Å². The lowest BCUT2D eigenvalue weighted by Crippen LogP contribution is -2.58. The summed E-state index contributed by atoms with van der Waals surface area (Å²) in [7, 11) is 2.96. The van der Waals surface area contributed by atoms with Gasteiger partial charge in [0.1, 0.15) is 24.4 Å². The van der Waals surface area contributed by atoms with Crippen molar-refractivity contribution in [3.63, 3.8) is 0 Å². The lowest BCUT2D eigenvalue weighted by molar-refractivity contribution is -0.229. The number of carbonyl (C=O) groups is 1. The third-order valence-electron chi connectivity index (χ3n) is 8.67. The largest absolute Gasteiger partial charge is 0.479 e. The van der Waals surface area contributed by atoms with E-state index in [0.29, 0.717) is 13.0 Å². The lowest BCUT2D eigenvalue weighted by Gasteiger charge is -2.43. The van der Waals surface area contributed by atoms with Gasteiger partial charge < -0.3 is 68.9 Å². The molecule has 14 atom stereocenters. The molecule has 3 saturated heterocycles. The van der Waals surface area contributed by atoms with Crippen LogP contribution >= 0.6 is 0 Å². The van der Waals surface area contributed by atoms with Crippen molar-refractivity contribution >= 4 is 5.97 Å². The Morgan fingerprint density at radius 1 is 0.698 bits per heavy atom. The van der Waals surface area contributed by atoms with Gasteiger partial charge in [0.2, 0.25) is 0 Å². The number of methoxy groups -OCH3 is 2. The molecule has 3 fully saturated rings. The highest BCUT2D eigenvalue weighted by atomic mass is 16.6. The van der Waals surface area contributed by atoms with Gasteiger partial charge in [0.05, 0.1) is 69.7 Å². The van der Waals surface area contributed by atoms with Gasteiger partial charge in [-0.15, -0.1) is 0 Å². The van der Waals surface area contributed by atoms with E-state index in [1.165, 1.54) is 7.11 Å². The fourth-order valence-corrected chi connectivity index (χ4v) is 6.33. The molecule has 0 aromatic rings. The zero-order valence-electron chi connectivity index (χ0n) is 25.1. The van der Waals surface area contributed by atoms with Crippen molar-refractivity contribution in [2.24, 2.45) is 17.8 Å². The number of hydrogen-bond donors (Lipinski definition) is 7. The summed E-state index contributed by atoms with van der Waals surface area (Å²) >= 11 is 0. The minimum atomic E-state index is -1.53. The van der Waals surface area contributed by atoms with Crippen molar-refractivity contribution < 1.29 is 73.7 Å². The van der Waals surface area contributed by atoms with E-state index >= 15 is 0 Å². The molecule has 15 nitrogen and oxygen atoms in total. The predicted octanol–water partition coefficient (Wildman–Crippen LogP) is -2.47. The van der Waals surface area contributed by atoms with Crippen LogP contribution in [0.15, 0.2) is 0 Å². The molecule has 0 spiro atoms. The molecule has 9 unspecified atom stereocenters. The molecule has 43 heavy (non-hydrogen) atoms. The van der Waals surface area contributed by atoms with E-state index in [1.54, 1.807) is 7.11 Å². The van der Waals surface area contributed by atoms with Crippen LogP contribution in [-0.2, 0) is 38.0 Å². The summed E-state index contributed by atoms with van der Waals surface area (Å²) in [4.78, 5) is 11.5. The van der Waals surface area contributed by atoms with Gasteiger partial charge in [-0.25, -0.2) is 4.79 Å². The number of aliphatic hydroxyl groups is 6. The number of carboxylic acids is 1. The van der Waals surface area contributed by atoms with Crippen molar-refractivity contribution in [1.82, 2.24) is 0 Å². The second-order valence-corrected chi connectivity index (χ2v) is 11.7. The van der Waals surface area contributed by atoms with Crippen LogP contribution in [0.5, 0.6) is 0 Å². The van der Waals surface area contributed by atoms with Crippen molar-refractivity contribution in [1.29, 1.82) is 0 Å². The molecule has 3 aliphatic rings. The summed E-state index contributed by atoms with van der Waals surface area (Å²) in [6.07, 6.45) is -9.71. The molecule has 3 rings (SSSR count). The summed E-state index contributed by atoms with van der Waals surface area (Å²) in [5, 5.41) is 72.6. The summed E-state index contributed by atoms with van der Waals surface area (Å²) in [6.45, 7) is 1.92. The minimum absolute atomic E-state index is 0.0102. The van der Waals surface area contributed by atoms with Crippen LogP contribution in [0.3, 0.4) is 0 Å². The molecule has 7 N–H and O–H groups in total. The van der Waals surface area contributed by atoms with E-state index in [9.17, 15) is 40.5 Å². The molecule has 0 saturated carbocycles. The number of ether oxygens (including phenoxy) is 7. The number of carboxylic acid groups (broad SMARTS) is 1. The van der Waals surface area contributed by atoms with E-state index in [1.807, 2.05) is 6.92 Å². The molecule has 15 heteroatoms. The normalized spacial score (nSPS) is 42.2. The monoisotopic (exact) mass is 626 g/mol. The molecule has 3 heterocycles. The Morgan fingerprint density at radius 3 is 1.74 bits per heavy atom. The topological polar surface area (TPSA) is 223 Å². The van der Waals surface area contributed by atoms with Gasteiger partial charge in [-0.05, 0) is 26.2 Å². The smallest absolute Gasteiger partial charge is 0.335 e. The second kappa shape index (κ2) is 17.6. The Hall–Kier alpha value is -1.05. The number of hydrogen-bond acceptors (Lipinski definition) is 14. The quantitative estimate of drug-likeness (QED) is 0.0882. The summed E-state index contributed by atoms with van der Waals surface area (Å²) in [5.41, 5.74) is 0. The van der Waals surface area contributed by atoms with Gasteiger partial charge >= 0.3 is 5.97 Å². The van der Waals surface area contributed by atoms with E-state index in [4.69, 9.17) is 33.2 Å². The third-order valence-corrected chi connectivity index (χ3v) is 8.67. The molecule has 0 amide bonds. The zero-order chi connectivity index (χ0) is 31.7. The fraction of sp³-hybridized carbons (Fsp3) is 0.964. The summed E-state index contributed by atoms with van der Waals surface area (Å²) in [5.74, 6) is -3.01. The second-order valence-electron chi connectivity index (χ2n) is 11.7. The summed E-state index contributed by atoms with van der Waals surface area (Å²) in [6, 6.07) is 0. The molecule has 3 aliphatic heterocycles. The summed E-state index contributed by atoms with van der Waals surface area (Å²) < 4.78 is 38.5. The van der Waals surface area contributed by atoms with Crippen molar-refractivity contribution in [2.45, 2.75) is 93.3 Å². The highest BCUT2D eigenvalue weighted by Gasteiger charge is 2.48. The van der Waals surface area contributed by atoms with Crippen molar-refractivity contribution in [2.75, 3.05) is 60.5 Å². The van der Waals surface area contributed by atoms with E-state index in [2.05, 4.69) is 0 Å². The van der Waals surface area contributed by atoms with E-state index in [-0.39, 0.29) is 57.9 Å². The molecule has 0 bridgehead atoms.